The fourth-order valence-corrected chi connectivity index (χ4v) is 3.52. The first-order valence-corrected chi connectivity index (χ1v) is 8.70. The molecule has 1 aliphatic carbocycles. The number of rotatable bonds is 4. The molecule has 2 heterocycles. The Kier molecular flexibility index (Phi) is 4.03. The molecule has 0 spiro atoms. The third-order valence-corrected chi connectivity index (χ3v) is 5.16. The van der Waals surface area contributed by atoms with Gasteiger partial charge in [-0.15, -0.1) is 0 Å². The Bertz CT molecular complexity index is 753. The van der Waals surface area contributed by atoms with Crippen molar-refractivity contribution in [2.24, 2.45) is 0 Å². The summed E-state index contributed by atoms with van der Waals surface area (Å²) in [7, 11) is 1.60. The van der Waals surface area contributed by atoms with E-state index in [-0.39, 0.29) is 11.3 Å². The molecule has 0 bridgehead atoms. The molecule has 1 amide bonds. The molecule has 0 N–H and O–H groups in total. The molecule has 1 saturated carbocycles. The minimum Gasteiger partial charge on any atom is -0.481 e. The van der Waals surface area contributed by atoms with Gasteiger partial charge in [-0.1, -0.05) is 30.3 Å². The zero-order valence-electron chi connectivity index (χ0n) is 14.4. The SMILES string of the molecule is COc1ccnc(N2CCN(C(=O)C3(c4ccccc4)CC3)CC2)n1. The molecule has 2 aliphatic rings. The number of methoxy groups -OCH3 is 1. The van der Waals surface area contributed by atoms with Crippen molar-refractivity contribution in [3.05, 3.63) is 48.2 Å². The summed E-state index contributed by atoms with van der Waals surface area (Å²) in [5.74, 6) is 1.49. The Morgan fingerprint density at radius 2 is 1.80 bits per heavy atom. The lowest BCUT2D eigenvalue weighted by atomic mass is 9.94. The van der Waals surface area contributed by atoms with E-state index in [2.05, 4.69) is 27.0 Å². The van der Waals surface area contributed by atoms with E-state index in [0.717, 1.165) is 31.5 Å². The van der Waals surface area contributed by atoms with Crippen LogP contribution in [-0.4, -0.2) is 54.1 Å². The predicted molar refractivity (Wildman–Crippen MR) is 94.7 cm³/mol. The van der Waals surface area contributed by atoms with E-state index in [9.17, 15) is 4.79 Å². The number of carbonyl (C=O) groups is 1. The van der Waals surface area contributed by atoms with Crippen LogP contribution in [0.5, 0.6) is 5.88 Å². The number of anilines is 1. The smallest absolute Gasteiger partial charge is 0.233 e. The number of carbonyl (C=O) groups excluding carboxylic acids is 1. The number of ether oxygens (including phenoxy) is 1. The highest BCUT2D eigenvalue weighted by Crippen LogP contribution is 2.49. The van der Waals surface area contributed by atoms with E-state index < -0.39 is 0 Å². The van der Waals surface area contributed by atoms with E-state index in [1.807, 2.05) is 23.1 Å². The Labute approximate surface area is 147 Å². The number of amides is 1. The maximum atomic E-state index is 13.1. The van der Waals surface area contributed by atoms with Gasteiger partial charge in [0, 0.05) is 38.4 Å². The second kappa shape index (κ2) is 6.35. The van der Waals surface area contributed by atoms with Gasteiger partial charge in [0.05, 0.1) is 12.5 Å². The Balaban J connectivity index is 1.43. The topological polar surface area (TPSA) is 58.6 Å². The molecule has 130 valence electrons. The Morgan fingerprint density at radius 1 is 1.08 bits per heavy atom. The van der Waals surface area contributed by atoms with Crippen LogP contribution in [0.15, 0.2) is 42.6 Å². The summed E-state index contributed by atoms with van der Waals surface area (Å²) >= 11 is 0. The van der Waals surface area contributed by atoms with Crippen LogP contribution in [0, 0.1) is 0 Å². The summed E-state index contributed by atoms with van der Waals surface area (Å²) in [5, 5.41) is 0. The van der Waals surface area contributed by atoms with Gasteiger partial charge in [-0.2, -0.15) is 4.98 Å². The fourth-order valence-electron chi connectivity index (χ4n) is 3.52. The van der Waals surface area contributed by atoms with Gasteiger partial charge < -0.3 is 14.5 Å². The summed E-state index contributed by atoms with van der Waals surface area (Å²) in [6.45, 7) is 2.88. The van der Waals surface area contributed by atoms with Gasteiger partial charge in [-0.05, 0) is 18.4 Å². The molecule has 1 aliphatic heterocycles. The lowest BCUT2D eigenvalue weighted by Gasteiger charge is -2.36. The van der Waals surface area contributed by atoms with E-state index in [1.165, 1.54) is 0 Å². The summed E-state index contributed by atoms with van der Waals surface area (Å²) < 4.78 is 5.16. The first-order valence-electron chi connectivity index (χ1n) is 8.70. The molecule has 2 aromatic rings. The molecule has 25 heavy (non-hydrogen) atoms. The van der Waals surface area contributed by atoms with Gasteiger partial charge >= 0.3 is 0 Å². The van der Waals surface area contributed by atoms with Crippen molar-refractivity contribution in [3.63, 3.8) is 0 Å². The summed E-state index contributed by atoms with van der Waals surface area (Å²) in [5.41, 5.74) is 0.870. The van der Waals surface area contributed by atoms with Gasteiger partial charge in [0.1, 0.15) is 0 Å². The highest BCUT2D eigenvalue weighted by atomic mass is 16.5. The largest absolute Gasteiger partial charge is 0.481 e. The van der Waals surface area contributed by atoms with Gasteiger partial charge in [-0.3, -0.25) is 4.79 Å². The molecule has 6 nitrogen and oxygen atoms in total. The summed E-state index contributed by atoms with van der Waals surface area (Å²) in [6.07, 6.45) is 3.61. The van der Waals surface area contributed by atoms with E-state index >= 15 is 0 Å². The van der Waals surface area contributed by atoms with Gasteiger partial charge in [0.2, 0.25) is 17.7 Å². The fraction of sp³-hybridized carbons (Fsp3) is 0.421. The third-order valence-electron chi connectivity index (χ3n) is 5.16. The third kappa shape index (κ3) is 2.92. The van der Waals surface area contributed by atoms with Gasteiger partial charge in [0.25, 0.3) is 0 Å². The molecule has 4 rings (SSSR count). The second-order valence-corrected chi connectivity index (χ2v) is 6.63. The van der Waals surface area contributed by atoms with Crippen molar-refractivity contribution in [2.75, 3.05) is 38.2 Å². The number of benzene rings is 1. The number of hydrogen-bond acceptors (Lipinski definition) is 5. The maximum absolute atomic E-state index is 13.1. The second-order valence-electron chi connectivity index (χ2n) is 6.63. The van der Waals surface area contributed by atoms with Crippen molar-refractivity contribution in [1.29, 1.82) is 0 Å². The summed E-state index contributed by atoms with van der Waals surface area (Å²) in [4.78, 5) is 25.9. The molecule has 1 aromatic carbocycles. The van der Waals surface area contributed by atoms with E-state index in [0.29, 0.717) is 24.9 Å². The highest BCUT2D eigenvalue weighted by molar-refractivity contribution is 5.91. The lowest BCUT2D eigenvalue weighted by Crippen LogP contribution is -2.52. The molecule has 2 fully saturated rings. The van der Waals surface area contributed by atoms with Gasteiger partial charge in [0.15, 0.2) is 0 Å². The monoisotopic (exact) mass is 338 g/mol. The summed E-state index contributed by atoms with van der Waals surface area (Å²) in [6, 6.07) is 11.9. The van der Waals surface area contributed by atoms with Crippen molar-refractivity contribution in [3.8, 4) is 5.88 Å². The van der Waals surface area contributed by atoms with Crippen molar-refractivity contribution >= 4 is 11.9 Å². The molecule has 0 atom stereocenters. The molecule has 1 aromatic heterocycles. The van der Waals surface area contributed by atoms with Crippen molar-refractivity contribution in [2.45, 2.75) is 18.3 Å². The highest BCUT2D eigenvalue weighted by Gasteiger charge is 2.53. The molecule has 6 heteroatoms. The molecular formula is C19H22N4O2. The maximum Gasteiger partial charge on any atom is 0.233 e. The van der Waals surface area contributed by atoms with Gasteiger partial charge in [-0.25, -0.2) is 4.98 Å². The average Bonchev–Trinajstić information content (AvgIpc) is 3.50. The van der Waals surface area contributed by atoms with Crippen LogP contribution in [-0.2, 0) is 10.2 Å². The Morgan fingerprint density at radius 3 is 2.44 bits per heavy atom. The molecular weight excluding hydrogens is 316 g/mol. The van der Waals surface area contributed by atoms with Crippen LogP contribution in [0.3, 0.4) is 0 Å². The number of nitrogens with zero attached hydrogens (tertiary/aromatic N) is 4. The normalized spacial score (nSPS) is 18.8. The minimum absolute atomic E-state index is 0.268. The van der Waals surface area contributed by atoms with Crippen molar-refractivity contribution in [1.82, 2.24) is 14.9 Å². The quantitative estimate of drug-likeness (QED) is 0.852. The molecule has 0 unspecified atom stereocenters. The van der Waals surface area contributed by atoms with Crippen LogP contribution in [0.1, 0.15) is 18.4 Å². The van der Waals surface area contributed by atoms with E-state index in [4.69, 9.17) is 4.74 Å². The Hall–Kier alpha value is -2.63. The van der Waals surface area contributed by atoms with Crippen LogP contribution in [0.25, 0.3) is 0 Å². The first-order chi connectivity index (χ1) is 12.2. The molecule has 1 saturated heterocycles. The van der Waals surface area contributed by atoms with Crippen LogP contribution in [0.2, 0.25) is 0 Å². The average molecular weight is 338 g/mol. The zero-order valence-corrected chi connectivity index (χ0v) is 14.4. The van der Waals surface area contributed by atoms with E-state index in [1.54, 1.807) is 19.4 Å². The lowest BCUT2D eigenvalue weighted by molar-refractivity contribution is -0.134. The molecule has 0 radical (unpaired) electrons. The van der Waals surface area contributed by atoms with Crippen LogP contribution in [0.4, 0.5) is 5.95 Å². The number of hydrogen-bond donors (Lipinski definition) is 0. The predicted octanol–water partition coefficient (Wildman–Crippen LogP) is 1.87. The van der Waals surface area contributed by atoms with Crippen molar-refractivity contribution < 1.29 is 9.53 Å². The minimum atomic E-state index is -0.282. The van der Waals surface area contributed by atoms with Crippen LogP contribution < -0.4 is 9.64 Å². The first kappa shape index (κ1) is 15.9. The zero-order chi connectivity index (χ0) is 17.3. The number of aromatic nitrogens is 2. The standard InChI is InChI=1S/C19H22N4O2/c1-25-16-7-10-20-18(21-16)23-13-11-22(12-14-23)17(24)19(8-9-19)15-5-3-2-4-6-15/h2-7,10H,8-9,11-14H2,1H3. The number of piperazine rings is 1. The van der Waals surface area contributed by atoms with Crippen LogP contribution >= 0.6 is 0 Å².